The molecule has 1 saturated heterocycles. The van der Waals surface area contributed by atoms with Crippen molar-refractivity contribution in [3.63, 3.8) is 0 Å². The zero-order valence-electron chi connectivity index (χ0n) is 14.8. The van der Waals surface area contributed by atoms with Gasteiger partial charge >= 0.3 is 0 Å². The molecule has 5 nitrogen and oxygen atoms in total. The Kier molecular flexibility index (Phi) is 3.88. The monoisotopic (exact) mass is 338 g/mol. The Morgan fingerprint density at radius 2 is 2.04 bits per heavy atom. The SMILES string of the molecule is Cc1cc(C)c2cc(C(=O)N3CCOCC3c3ccc(C)o3)[nH]c2c1. The number of carbonyl (C=O) groups excluding carboxylic acids is 1. The molecule has 0 bridgehead atoms. The number of furan rings is 1. The molecule has 5 heteroatoms. The highest BCUT2D eigenvalue weighted by Gasteiger charge is 2.32. The lowest BCUT2D eigenvalue weighted by atomic mass is 10.1. The zero-order valence-corrected chi connectivity index (χ0v) is 14.8. The number of H-pyrrole nitrogens is 1. The molecule has 25 heavy (non-hydrogen) atoms. The Morgan fingerprint density at radius 1 is 1.20 bits per heavy atom. The summed E-state index contributed by atoms with van der Waals surface area (Å²) in [5.41, 5.74) is 3.96. The van der Waals surface area contributed by atoms with Crippen LogP contribution in [-0.4, -0.2) is 35.5 Å². The smallest absolute Gasteiger partial charge is 0.271 e. The fourth-order valence-electron chi connectivity index (χ4n) is 3.58. The average Bonchev–Trinajstić information content (AvgIpc) is 3.20. The molecule has 1 aliphatic rings. The van der Waals surface area contributed by atoms with E-state index in [1.807, 2.05) is 30.0 Å². The van der Waals surface area contributed by atoms with Crippen molar-refractivity contribution in [2.75, 3.05) is 19.8 Å². The molecule has 0 aliphatic carbocycles. The number of aromatic amines is 1. The van der Waals surface area contributed by atoms with E-state index in [-0.39, 0.29) is 11.9 Å². The fourth-order valence-corrected chi connectivity index (χ4v) is 3.58. The molecule has 1 N–H and O–H groups in total. The second-order valence-electron chi connectivity index (χ2n) is 6.76. The minimum Gasteiger partial charge on any atom is -0.464 e. The molecule has 1 amide bonds. The van der Waals surface area contributed by atoms with E-state index in [1.165, 1.54) is 11.1 Å². The molecular weight excluding hydrogens is 316 g/mol. The maximum atomic E-state index is 13.2. The van der Waals surface area contributed by atoms with Crippen LogP contribution in [0.3, 0.4) is 0 Å². The number of aryl methyl sites for hydroxylation is 3. The standard InChI is InChI=1S/C20H22N2O3/c1-12-8-13(2)15-10-17(21-16(15)9-12)20(23)22-6-7-24-11-18(22)19-5-4-14(3)25-19/h4-5,8-10,18,21H,6-7,11H2,1-3H3. The third-order valence-corrected chi connectivity index (χ3v) is 4.80. The lowest BCUT2D eigenvalue weighted by Gasteiger charge is -2.34. The molecule has 3 heterocycles. The molecule has 1 aliphatic heterocycles. The van der Waals surface area contributed by atoms with E-state index in [0.717, 1.165) is 22.4 Å². The molecule has 4 rings (SSSR count). The number of ether oxygens (including phenoxy) is 1. The van der Waals surface area contributed by atoms with Crippen molar-refractivity contribution >= 4 is 16.8 Å². The number of nitrogens with zero attached hydrogens (tertiary/aromatic N) is 1. The summed E-state index contributed by atoms with van der Waals surface area (Å²) >= 11 is 0. The van der Waals surface area contributed by atoms with Gasteiger partial charge in [0.1, 0.15) is 23.3 Å². The largest absolute Gasteiger partial charge is 0.464 e. The molecule has 0 spiro atoms. The molecule has 1 aromatic carbocycles. The summed E-state index contributed by atoms with van der Waals surface area (Å²) in [4.78, 5) is 18.3. The lowest BCUT2D eigenvalue weighted by Crippen LogP contribution is -2.43. The summed E-state index contributed by atoms with van der Waals surface area (Å²) in [6.07, 6.45) is 0. The van der Waals surface area contributed by atoms with Crippen molar-refractivity contribution in [2.45, 2.75) is 26.8 Å². The van der Waals surface area contributed by atoms with Crippen LogP contribution in [0.5, 0.6) is 0 Å². The molecule has 0 saturated carbocycles. The van der Waals surface area contributed by atoms with Gasteiger partial charge in [-0.15, -0.1) is 0 Å². The van der Waals surface area contributed by atoms with Gasteiger partial charge in [-0.1, -0.05) is 6.07 Å². The van der Waals surface area contributed by atoms with Gasteiger partial charge in [0.25, 0.3) is 5.91 Å². The van der Waals surface area contributed by atoms with E-state index < -0.39 is 0 Å². The quantitative estimate of drug-likeness (QED) is 0.771. The number of fused-ring (bicyclic) bond motifs is 1. The Hall–Kier alpha value is -2.53. The third-order valence-electron chi connectivity index (χ3n) is 4.80. The van der Waals surface area contributed by atoms with Gasteiger partial charge in [0.2, 0.25) is 0 Å². The molecule has 1 unspecified atom stereocenters. The normalized spacial score (nSPS) is 18.0. The number of carbonyl (C=O) groups is 1. The van der Waals surface area contributed by atoms with Crippen molar-refractivity contribution in [2.24, 2.45) is 0 Å². The van der Waals surface area contributed by atoms with Crippen LogP contribution in [0.1, 0.15) is 39.2 Å². The van der Waals surface area contributed by atoms with Crippen molar-refractivity contribution in [3.05, 3.63) is 58.7 Å². The minimum absolute atomic E-state index is 0.0180. The molecule has 3 aromatic rings. The summed E-state index contributed by atoms with van der Waals surface area (Å²) in [5.74, 6) is 1.59. The van der Waals surface area contributed by atoms with E-state index in [4.69, 9.17) is 9.15 Å². The first-order valence-electron chi connectivity index (χ1n) is 8.58. The van der Waals surface area contributed by atoms with Crippen LogP contribution in [0.4, 0.5) is 0 Å². The molecule has 0 radical (unpaired) electrons. The van der Waals surface area contributed by atoms with Crippen LogP contribution in [0, 0.1) is 20.8 Å². The molecular formula is C20H22N2O3. The third kappa shape index (κ3) is 2.85. The van der Waals surface area contributed by atoms with Crippen molar-refractivity contribution in [1.29, 1.82) is 0 Å². The first-order valence-corrected chi connectivity index (χ1v) is 8.58. The fraction of sp³-hybridized carbons (Fsp3) is 0.350. The van der Waals surface area contributed by atoms with Crippen molar-refractivity contribution < 1.29 is 13.9 Å². The number of hydrogen-bond donors (Lipinski definition) is 1. The second kappa shape index (κ2) is 6.08. The summed E-state index contributed by atoms with van der Waals surface area (Å²) in [6, 6.07) is 9.81. The highest BCUT2D eigenvalue weighted by molar-refractivity contribution is 5.99. The highest BCUT2D eigenvalue weighted by Crippen LogP contribution is 2.29. The molecule has 130 valence electrons. The van der Waals surface area contributed by atoms with Gasteiger partial charge in [0, 0.05) is 17.4 Å². The first kappa shape index (κ1) is 16.0. The predicted octanol–water partition coefficient (Wildman–Crippen LogP) is 3.90. The van der Waals surface area contributed by atoms with E-state index in [1.54, 1.807) is 0 Å². The van der Waals surface area contributed by atoms with Gasteiger partial charge in [-0.2, -0.15) is 0 Å². The Morgan fingerprint density at radius 3 is 2.80 bits per heavy atom. The van der Waals surface area contributed by atoms with Crippen LogP contribution in [0.2, 0.25) is 0 Å². The van der Waals surface area contributed by atoms with E-state index in [2.05, 4.69) is 31.0 Å². The van der Waals surface area contributed by atoms with Crippen LogP contribution >= 0.6 is 0 Å². The maximum absolute atomic E-state index is 13.2. The Labute approximate surface area is 146 Å². The van der Waals surface area contributed by atoms with Gasteiger partial charge in [0.15, 0.2) is 0 Å². The minimum atomic E-state index is -0.191. The number of aromatic nitrogens is 1. The van der Waals surface area contributed by atoms with E-state index >= 15 is 0 Å². The number of nitrogens with one attached hydrogen (secondary N) is 1. The van der Waals surface area contributed by atoms with E-state index in [0.29, 0.717) is 25.5 Å². The zero-order chi connectivity index (χ0) is 17.6. The Balaban J connectivity index is 1.70. The average molecular weight is 338 g/mol. The second-order valence-corrected chi connectivity index (χ2v) is 6.76. The number of morpholine rings is 1. The maximum Gasteiger partial charge on any atom is 0.271 e. The number of hydrogen-bond acceptors (Lipinski definition) is 3. The van der Waals surface area contributed by atoms with Crippen LogP contribution in [0.25, 0.3) is 10.9 Å². The number of rotatable bonds is 2. The first-order chi connectivity index (χ1) is 12.0. The van der Waals surface area contributed by atoms with Gasteiger partial charge in [-0.25, -0.2) is 0 Å². The van der Waals surface area contributed by atoms with Gasteiger partial charge in [-0.3, -0.25) is 4.79 Å². The van der Waals surface area contributed by atoms with Crippen LogP contribution in [0.15, 0.2) is 34.7 Å². The predicted molar refractivity (Wildman–Crippen MR) is 95.8 cm³/mol. The van der Waals surface area contributed by atoms with Crippen LogP contribution in [-0.2, 0) is 4.74 Å². The Bertz CT molecular complexity index is 938. The number of amides is 1. The summed E-state index contributed by atoms with van der Waals surface area (Å²) in [7, 11) is 0. The summed E-state index contributed by atoms with van der Waals surface area (Å²) in [6.45, 7) is 7.59. The van der Waals surface area contributed by atoms with Crippen molar-refractivity contribution in [1.82, 2.24) is 9.88 Å². The van der Waals surface area contributed by atoms with Gasteiger partial charge in [0.05, 0.1) is 13.2 Å². The van der Waals surface area contributed by atoms with Crippen LogP contribution < -0.4 is 0 Å². The lowest BCUT2D eigenvalue weighted by molar-refractivity contribution is -0.00919. The van der Waals surface area contributed by atoms with E-state index in [9.17, 15) is 4.79 Å². The topological polar surface area (TPSA) is 58.5 Å². The molecule has 2 aromatic heterocycles. The summed E-state index contributed by atoms with van der Waals surface area (Å²) < 4.78 is 11.3. The van der Waals surface area contributed by atoms with Gasteiger partial charge in [-0.05, 0) is 56.2 Å². The summed E-state index contributed by atoms with van der Waals surface area (Å²) in [5, 5.41) is 1.09. The molecule has 1 atom stereocenters. The highest BCUT2D eigenvalue weighted by atomic mass is 16.5. The number of benzene rings is 1. The van der Waals surface area contributed by atoms with Gasteiger partial charge < -0.3 is 19.0 Å². The van der Waals surface area contributed by atoms with Crippen molar-refractivity contribution in [3.8, 4) is 0 Å². The molecule has 1 fully saturated rings.